The van der Waals surface area contributed by atoms with Crippen LogP contribution < -0.4 is 15.6 Å². The predicted octanol–water partition coefficient (Wildman–Crippen LogP) is 0.140. The van der Waals surface area contributed by atoms with Gasteiger partial charge in [0.15, 0.2) is 0 Å². The Balaban J connectivity index is -0.0000000575. The first-order valence-electron chi connectivity index (χ1n) is 1.82. The number of nitrogens with two attached hydrogens (primary N) is 1. The minimum Gasteiger partial charge on any atom is -0.344 e. The molecular weight excluding hydrogens is 219 g/mol. The molecule has 4 nitrogen and oxygen atoms in total. The molecule has 0 aromatic rings. The summed E-state index contributed by atoms with van der Waals surface area (Å²) in [4.78, 5) is 2.00. The molecular formula is C3H15IN4. The summed E-state index contributed by atoms with van der Waals surface area (Å²) < 4.78 is 2.22. The van der Waals surface area contributed by atoms with E-state index >= 15 is 0 Å². The van der Waals surface area contributed by atoms with Crippen molar-refractivity contribution in [3.63, 3.8) is 0 Å². The molecule has 0 aromatic carbocycles. The van der Waals surface area contributed by atoms with E-state index in [4.69, 9.17) is 0 Å². The Morgan fingerprint density at radius 2 is 1.38 bits per heavy atom. The van der Waals surface area contributed by atoms with Crippen LogP contribution in [0.15, 0.2) is 0 Å². The predicted molar refractivity (Wildman–Crippen MR) is 46.0 cm³/mol. The van der Waals surface area contributed by atoms with Crippen LogP contribution in [0, 0.1) is 0 Å². The number of rotatable bonds is 0. The summed E-state index contributed by atoms with van der Waals surface area (Å²) in [5.74, 6) is 4.58. The van der Waals surface area contributed by atoms with E-state index in [2.05, 4.69) is 9.48 Å². The number of hydrazine groups is 1. The Kier molecular flexibility index (Phi) is 31.0. The number of nitrogens with zero attached hydrogens (tertiary/aromatic N) is 1. The smallest absolute Gasteiger partial charge is 0.0332 e. The Morgan fingerprint density at radius 1 is 1.38 bits per heavy atom. The van der Waals surface area contributed by atoms with E-state index in [9.17, 15) is 0 Å². The number of halogens is 1. The van der Waals surface area contributed by atoms with Gasteiger partial charge in [0.25, 0.3) is 0 Å². The van der Waals surface area contributed by atoms with Crippen LogP contribution in [0.1, 0.15) is 0 Å². The minimum absolute atomic E-state index is 0. The van der Waals surface area contributed by atoms with Gasteiger partial charge in [0, 0.05) is 22.9 Å². The van der Waals surface area contributed by atoms with Gasteiger partial charge in [-0.05, 0) is 21.1 Å². The van der Waals surface area contributed by atoms with Crippen LogP contribution in [0.5, 0.6) is 0 Å². The van der Waals surface area contributed by atoms with Crippen molar-refractivity contribution in [2.24, 2.45) is 5.84 Å². The molecule has 8 heavy (non-hydrogen) atoms. The van der Waals surface area contributed by atoms with E-state index in [0.717, 1.165) is 0 Å². The first kappa shape index (κ1) is 15.8. The highest BCUT2D eigenvalue weighted by molar-refractivity contribution is 14.1. The fourth-order valence-electron chi connectivity index (χ4n) is 0. The monoisotopic (exact) mass is 234 g/mol. The van der Waals surface area contributed by atoms with Crippen molar-refractivity contribution in [3.05, 3.63) is 0 Å². The number of nitrogens with one attached hydrogen (secondary N) is 1. The zero-order valence-corrected chi connectivity index (χ0v) is 7.77. The largest absolute Gasteiger partial charge is 0.344 e. The molecule has 0 atom stereocenters. The molecule has 5 heteroatoms. The van der Waals surface area contributed by atoms with Gasteiger partial charge in [-0.1, -0.05) is 0 Å². The van der Waals surface area contributed by atoms with E-state index in [1.54, 1.807) is 0 Å². The molecule has 0 radical (unpaired) electrons. The van der Waals surface area contributed by atoms with Crippen molar-refractivity contribution in [2.45, 2.75) is 0 Å². The molecule has 0 bridgehead atoms. The lowest BCUT2D eigenvalue weighted by Gasteiger charge is -1.90. The van der Waals surface area contributed by atoms with Gasteiger partial charge in [-0.15, -0.1) is 0 Å². The molecule has 0 fully saturated rings. The third kappa shape index (κ3) is 627. The molecule has 6 N–H and O–H groups in total. The SMILES string of the molecule is CN(C)C.N.NNI. The van der Waals surface area contributed by atoms with Crippen molar-refractivity contribution in [1.82, 2.24) is 14.7 Å². The zero-order chi connectivity index (χ0) is 6.28. The van der Waals surface area contributed by atoms with Crippen molar-refractivity contribution in [1.29, 1.82) is 0 Å². The summed E-state index contributed by atoms with van der Waals surface area (Å²) in [6.07, 6.45) is 0. The molecule has 0 amide bonds. The summed E-state index contributed by atoms with van der Waals surface area (Å²) in [5.41, 5.74) is 0. The maximum Gasteiger partial charge on any atom is 0.0332 e. The van der Waals surface area contributed by atoms with Gasteiger partial charge < -0.3 is 11.1 Å². The van der Waals surface area contributed by atoms with Crippen LogP contribution in [0.25, 0.3) is 0 Å². The second-order valence-corrected chi connectivity index (χ2v) is 2.07. The summed E-state index contributed by atoms with van der Waals surface area (Å²) >= 11 is 1.82. The van der Waals surface area contributed by atoms with Crippen molar-refractivity contribution in [2.75, 3.05) is 21.1 Å². The Labute approximate surface area is 64.8 Å². The highest BCUT2D eigenvalue weighted by Crippen LogP contribution is 1.47. The van der Waals surface area contributed by atoms with Crippen LogP contribution in [0.3, 0.4) is 0 Å². The summed E-state index contributed by atoms with van der Waals surface area (Å²) in [5, 5.41) is 0. The average Bonchev–Trinajstić information content (AvgIpc) is 1.33. The van der Waals surface area contributed by atoms with Gasteiger partial charge in [-0.3, -0.25) is 5.84 Å². The van der Waals surface area contributed by atoms with Crippen LogP contribution in [-0.4, -0.2) is 26.0 Å². The number of hydrogen-bond donors (Lipinski definition) is 3. The molecule has 0 saturated carbocycles. The summed E-state index contributed by atoms with van der Waals surface area (Å²) in [6.45, 7) is 0. The standard InChI is InChI=1S/C3H9N.H3IN2.H3N/c1-4(2)3;1-3-2;/h1-3H3;3H,2H2;1H3. The zero-order valence-electron chi connectivity index (χ0n) is 5.61. The average molecular weight is 234 g/mol. The normalized spacial score (nSPS) is 6.75. The lowest BCUT2D eigenvalue weighted by Crippen LogP contribution is -2.04. The van der Waals surface area contributed by atoms with Gasteiger partial charge in [0.1, 0.15) is 0 Å². The Bertz CT molecular complexity index is 22.5. The fourth-order valence-corrected chi connectivity index (χ4v) is 0. The van der Waals surface area contributed by atoms with Crippen molar-refractivity contribution >= 4 is 22.9 Å². The molecule has 0 heterocycles. The van der Waals surface area contributed by atoms with Gasteiger partial charge >= 0.3 is 0 Å². The fraction of sp³-hybridized carbons (Fsp3) is 1.00. The van der Waals surface area contributed by atoms with Crippen LogP contribution in [-0.2, 0) is 0 Å². The maximum absolute atomic E-state index is 4.58. The van der Waals surface area contributed by atoms with Gasteiger partial charge in [-0.2, -0.15) is 0 Å². The van der Waals surface area contributed by atoms with Gasteiger partial charge in [0.2, 0.25) is 0 Å². The van der Waals surface area contributed by atoms with Crippen LogP contribution in [0.4, 0.5) is 0 Å². The second-order valence-electron chi connectivity index (χ2n) is 1.45. The molecule has 0 aromatic heterocycles. The van der Waals surface area contributed by atoms with Crippen molar-refractivity contribution < 1.29 is 0 Å². The lowest BCUT2D eigenvalue weighted by molar-refractivity contribution is 0.505. The van der Waals surface area contributed by atoms with Gasteiger partial charge in [0.05, 0.1) is 0 Å². The molecule has 0 aliphatic heterocycles. The summed E-state index contributed by atoms with van der Waals surface area (Å²) in [7, 11) is 6.00. The minimum atomic E-state index is 0. The van der Waals surface area contributed by atoms with Crippen molar-refractivity contribution in [3.8, 4) is 0 Å². The molecule has 0 rings (SSSR count). The maximum atomic E-state index is 4.58. The highest BCUT2D eigenvalue weighted by Gasteiger charge is 1.58. The third-order valence-corrected chi connectivity index (χ3v) is 0. The third-order valence-electron chi connectivity index (χ3n) is 0. The van der Waals surface area contributed by atoms with E-state index in [0.29, 0.717) is 0 Å². The van der Waals surface area contributed by atoms with E-state index in [1.807, 2.05) is 48.9 Å². The first-order chi connectivity index (χ1) is 3.15. The van der Waals surface area contributed by atoms with E-state index < -0.39 is 0 Å². The first-order valence-corrected chi connectivity index (χ1v) is 2.90. The molecule has 0 unspecified atom stereocenters. The lowest BCUT2D eigenvalue weighted by atomic mass is 11.0. The van der Waals surface area contributed by atoms with Crippen LogP contribution in [0.2, 0.25) is 0 Å². The second kappa shape index (κ2) is 15.6. The van der Waals surface area contributed by atoms with E-state index in [-0.39, 0.29) is 6.15 Å². The molecule has 54 valence electrons. The molecule has 0 aliphatic carbocycles. The Morgan fingerprint density at radius 3 is 1.38 bits per heavy atom. The number of hydrogen-bond acceptors (Lipinski definition) is 4. The molecule has 0 aliphatic rings. The topological polar surface area (TPSA) is 76.3 Å². The van der Waals surface area contributed by atoms with Gasteiger partial charge in [-0.25, -0.2) is 3.64 Å². The molecule has 0 saturated heterocycles. The highest BCUT2D eigenvalue weighted by atomic mass is 127. The Hall–Kier alpha value is 0.570. The van der Waals surface area contributed by atoms with Crippen LogP contribution >= 0.6 is 22.9 Å². The van der Waals surface area contributed by atoms with E-state index in [1.165, 1.54) is 0 Å². The summed E-state index contributed by atoms with van der Waals surface area (Å²) in [6, 6.07) is 0. The molecule has 0 spiro atoms. The quantitative estimate of drug-likeness (QED) is 0.241.